The lowest BCUT2D eigenvalue weighted by atomic mass is 10.1. The molecular weight excluding hydrogens is 162 g/mol. The van der Waals surface area contributed by atoms with Gasteiger partial charge in [0.25, 0.3) is 0 Å². The van der Waals surface area contributed by atoms with Gasteiger partial charge in [0.1, 0.15) is 0 Å². The Balaban J connectivity index is 3.33. The fourth-order valence-electron chi connectivity index (χ4n) is 0.923. The number of hydrogen-bond acceptors (Lipinski definition) is 1. The van der Waals surface area contributed by atoms with E-state index >= 15 is 0 Å². The van der Waals surface area contributed by atoms with Crippen molar-refractivity contribution >= 4 is 5.91 Å². The molecule has 0 radical (unpaired) electrons. The molecule has 0 aromatic carbocycles. The molecule has 0 aliphatic rings. The first kappa shape index (κ1) is 12.0. The number of rotatable bonds is 6. The Hall–Kier alpha value is -0.970. The van der Waals surface area contributed by atoms with E-state index in [0.29, 0.717) is 0 Å². The van der Waals surface area contributed by atoms with Crippen molar-refractivity contribution in [2.24, 2.45) is 5.92 Å². The fraction of sp³-hybridized carbons (Fsp3) is 0.727. The first-order chi connectivity index (χ1) is 6.22. The number of carbonyl (C=O) groups excluding carboxylic acids is 1. The normalized spacial score (nSPS) is 11.8. The molecule has 0 bridgehead atoms. The summed E-state index contributed by atoms with van der Waals surface area (Å²) in [6, 6.07) is 0. The lowest BCUT2D eigenvalue weighted by Crippen LogP contribution is -2.29. The zero-order valence-corrected chi connectivity index (χ0v) is 8.60. The zero-order chi connectivity index (χ0) is 10.1. The van der Waals surface area contributed by atoms with Crippen molar-refractivity contribution in [3.63, 3.8) is 0 Å². The highest BCUT2D eigenvalue weighted by molar-refractivity contribution is 5.78. The van der Waals surface area contributed by atoms with Crippen molar-refractivity contribution in [1.29, 1.82) is 0 Å². The van der Waals surface area contributed by atoms with Gasteiger partial charge in [-0.15, -0.1) is 12.3 Å². The number of unbranched alkanes of at least 4 members (excludes halogenated alkanes) is 2. The lowest BCUT2D eigenvalue weighted by Gasteiger charge is -2.08. The van der Waals surface area contributed by atoms with Crippen LogP contribution in [0.3, 0.4) is 0 Å². The van der Waals surface area contributed by atoms with E-state index in [1.165, 1.54) is 0 Å². The smallest absolute Gasteiger partial charge is 0.222 e. The maximum atomic E-state index is 11.3. The molecule has 0 aromatic heterocycles. The van der Waals surface area contributed by atoms with Crippen LogP contribution in [0.15, 0.2) is 0 Å². The lowest BCUT2D eigenvalue weighted by molar-refractivity contribution is -0.124. The van der Waals surface area contributed by atoms with Crippen molar-refractivity contribution in [1.82, 2.24) is 5.32 Å². The summed E-state index contributed by atoms with van der Waals surface area (Å²) >= 11 is 0. The van der Waals surface area contributed by atoms with Crippen molar-refractivity contribution < 1.29 is 4.79 Å². The van der Waals surface area contributed by atoms with Gasteiger partial charge < -0.3 is 5.32 Å². The van der Waals surface area contributed by atoms with Crippen LogP contribution in [-0.2, 0) is 4.79 Å². The molecule has 0 fully saturated rings. The highest BCUT2D eigenvalue weighted by Crippen LogP contribution is 2.00. The van der Waals surface area contributed by atoms with Gasteiger partial charge in [0, 0.05) is 18.9 Å². The summed E-state index contributed by atoms with van der Waals surface area (Å²) in [5, 5.41) is 2.88. The SMILES string of the molecule is C#CCCCCNC(=O)C(C)CC. The summed E-state index contributed by atoms with van der Waals surface area (Å²) < 4.78 is 0. The molecule has 1 unspecified atom stereocenters. The number of terminal acetylenes is 1. The molecule has 0 heterocycles. The third-order valence-electron chi connectivity index (χ3n) is 2.11. The van der Waals surface area contributed by atoms with E-state index in [1.807, 2.05) is 13.8 Å². The molecule has 0 saturated heterocycles. The molecule has 2 nitrogen and oxygen atoms in total. The van der Waals surface area contributed by atoms with E-state index in [0.717, 1.165) is 32.2 Å². The minimum atomic E-state index is 0.132. The average molecular weight is 181 g/mol. The third-order valence-corrected chi connectivity index (χ3v) is 2.11. The Morgan fingerprint density at radius 2 is 2.23 bits per heavy atom. The van der Waals surface area contributed by atoms with Crippen LogP contribution in [0.25, 0.3) is 0 Å². The molecule has 74 valence electrons. The van der Waals surface area contributed by atoms with Gasteiger partial charge in [-0.25, -0.2) is 0 Å². The predicted molar refractivity (Wildman–Crippen MR) is 55.1 cm³/mol. The third kappa shape index (κ3) is 6.21. The molecule has 13 heavy (non-hydrogen) atoms. The Morgan fingerprint density at radius 3 is 2.77 bits per heavy atom. The topological polar surface area (TPSA) is 29.1 Å². The van der Waals surface area contributed by atoms with E-state index in [1.54, 1.807) is 0 Å². The standard InChI is InChI=1S/C11H19NO/c1-4-6-7-8-9-12-11(13)10(3)5-2/h1,10H,5-9H2,2-3H3,(H,12,13). The van der Waals surface area contributed by atoms with E-state index in [-0.39, 0.29) is 11.8 Å². The van der Waals surface area contributed by atoms with E-state index in [9.17, 15) is 4.79 Å². The second-order valence-corrected chi connectivity index (χ2v) is 3.26. The fourth-order valence-corrected chi connectivity index (χ4v) is 0.923. The highest BCUT2D eigenvalue weighted by atomic mass is 16.1. The Labute approximate surface area is 81.1 Å². The molecule has 1 amide bonds. The van der Waals surface area contributed by atoms with Crippen LogP contribution in [0.5, 0.6) is 0 Å². The Morgan fingerprint density at radius 1 is 1.54 bits per heavy atom. The minimum absolute atomic E-state index is 0.132. The summed E-state index contributed by atoms with van der Waals surface area (Å²) in [4.78, 5) is 11.3. The summed E-state index contributed by atoms with van der Waals surface area (Å²) in [6.45, 7) is 4.71. The van der Waals surface area contributed by atoms with E-state index in [2.05, 4.69) is 11.2 Å². The minimum Gasteiger partial charge on any atom is -0.356 e. The zero-order valence-electron chi connectivity index (χ0n) is 8.60. The molecule has 0 spiro atoms. The van der Waals surface area contributed by atoms with Crippen molar-refractivity contribution in [3.05, 3.63) is 0 Å². The predicted octanol–water partition coefficient (Wildman–Crippen LogP) is 1.95. The van der Waals surface area contributed by atoms with Crippen molar-refractivity contribution in [2.75, 3.05) is 6.54 Å². The van der Waals surface area contributed by atoms with Gasteiger partial charge in [0.05, 0.1) is 0 Å². The van der Waals surface area contributed by atoms with Crippen LogP contribution in [0.4, 0.5) is 0 Å². The maximum Gasteiger partial charge on any atom is 0.222 e. The van der Waals surface area contributed by atoms with Crippen LogP contribution >= 0.6 is 0 Å². The quantitative estimate of drug-likeness (QED) is 0.492. The summed E-state index contributed by atoms with van der Waals surface area (Å²) in [7, 11) is 0. The van der Waals surface area contributed by atoms with Crippen LogP contribution in [-0.4, -0.2) is 12.5 Å². The van der Waals surface area contributed by atoms with Gasteiger partial charge >= 0.3 is 0 Å². The largest absolute Gasteiger partial charge is 0.356 e. The monoisotopic (exact) mass is 181 g/mol. The summed E-state index contributed by atoms with van der Waals surface area (Å²) in [5.41, 5.74) is 0. The van der Waals surface area contributed by atoms with Crippen LogP contribution in [0.1, 0.15) is 39.5 Å². The van der Waals surface area contributed by atoms with Gasteiger partial charge in [-0.1, -0.05) is 13.8 Å². The first-order valence-electron chi connectivity index (χ1n) is 4.93. The van der Waals surface area contributed by atoms with E-state index < -0.39 is 0 Å². The second-order valence-electron chi connectivity index (χ2n) is 3.26. The van der Waals surface area contributed by atoms with Crippen LogP contribution in [0, 0.1) is 18.3 Å². The highest BCUT2D eigenvalue weighted by Gasteiger charge is 2.08. The van der Waals surface area contributed by atoms with Gasteiger partial charge in [0.2, 0.25) is 5.91 Å². The maximum absolute atomic E-state index is 11.3. The van der Waals surface area contributed by atoms with Crippen LogP contribution in [0.2, 0.25) is 0 Å². The molecule has 2 heteroatoms. The van der Waals surface area contributed by atoms with Crippen LogP contribution < -0.4 is 5.32 Å². The molecular formula is C11H19NO. The van der Waals surface area contributed by atoms with E-state index in [4.69, 9.17) is 6.42 Å². The number of hydrogen-bond donors (Lipinski definition) is 1. The molecule has 0 rings (SSSR count). The number of carbonyl (C=O) groups is 1. The van der Waals surface area contributed by atoms with Gasteiger partial charge in [-0.2, -0.15) is 0 Å². The molecule has 1 atom stereocenters. The van der Waals surface area contributed by atoms with Crippen molar-refractivity contribution in [2.45, 2.75) is 39.5 Å². The molecule has 0 aliphatic heterocycles. The summed E-state index contributed by atoms with van der Waals surface area (Å²) in [6.07, 6.45) is 8.78. The average Bonchev–Trinajstić information content (AvgIpc) is 2.16. The Bertz CT molecular complexity index is 181. The second kappa shape index (κ2) is 7.67. The number of nitrogens with one attached hydrogen (secondary N) is 1. The number of amides is 1. The van der Waals surface area contributed by atoms with Gasteiger partial charge in [-0.05, 0) is 19.3 Å². The first-order valence-corrected chi connectivity index (χ1v) is 4.93. The molecule has 0 saturated carbocycles. The molecule has 0 aromatic rings. The molecule has 1 N–H and O–H groups in total. The van der Waals surface area contributed by atoms with Gasteiger partial charge in [0.15, 0.2) is 0 Å². The summed E-state index contributed by atoms with van der Waals surface area (Å²) in [5.74, 6) is 2.86. The van der Waals surface area contributed by atoms with Gasteiger partial charge in [-0.3, -0.25) is 4.79 Å². The van der Waals surface area contributed by atoms with Crippen molar-refractivity contribution in [3.8, 4) is 12.3 Å². The Kier molecular flexibility index (Phi) is 7.10. The molecule has 0 aliphatic carbocycles.